The third-order valence-corrected chi connectivity index (χ3v) is 3.37. The monoisotopic (exact) mass is 250 g/mol. The zero-order chi connectivity index (χ0) is 9.56. The molecule has 1 heterocycles. The lowest BCUT2D eigenvalue weighted by Crippen LogP contribution is -1.71. The molecule has 0 aliphatic heterocycles. The third kappa shape index (κ3) is 3.47. The van der Waals surface area contributed by atoms with Crippen molar-refractivity contribution < 1.29 is 9.53 Å². The van der Waals surface area contributed by atoms with Crippen LogP contribution in [0.4, 0.5) is 0 Å². The van der Waals surface area contributed by atoms with E-state index in [2.05, 4.69) is 20.7 Å². The number of ether oxygens (including phenoxy) is 1. The van der Waals surface area contributed by atoms with E-state index in [4.69, 9.17) is 0 Å². The van der Waals surface area contributed by atoms with Crippen molar-refractivity contribution in [3.05, 3.63) is 20.3 Å². The van der Waals surface area contributed by atoms with E-state index in [1.54, 1.807) is 14.2 Å². The molecule has 0 N–H and O–H groups in total. The van der Waals surface area contributed by atoms with Crippen LogP contribution >= 0.6 is 27.3 Å². The summed E-state index contributed by atoms with van der Waals surface area (Å²) >= 11 is 4.75. The standard InChI is InChI=1S/C6H5BrOS.C2H6O/c1-4-3-9-5(2-8)6(4)7;1-3-2/h2-3H,1H3;1-2H3. The highest BCUT2D eigenvalue weighted by atomic mass is 79.9. The summed E-state index contributed by atoms with van der Waals surface area (Å²) in [4.78, 5) is 11.0. The van der Waals surface area contributed by atoms with Gasteiger partial charge >= 0.3 is 0 Å². The highest BCUT2D eigenvalue weighted by Crippen LogP contribution is 2.25. The van der Waals surface area contributed by atoms with Crippen LogP contribution < -0.4 is 0 Å². The molecule has 0 saturated heterocycles. The Kier molecular flexibility index (Phi) is 6.24. The maximum Gasteiger partial charge on any atom is 0.161 e. The van der Waals surface area contributed by atoms with Crippen LogP contribution in [0.5, 0.6) is 0 Å². The number of aldehydes is 1. The molecule has 12 heavy (non-hydrogen) atoms. The number of thiophene rings is 1. The zero-order valence-corrected chi connectivity index (χ0v) is 9.66. The minimum Gasteiger partial charge on any atom is -0.388 e. The van der Waals surface area contributed by atoms with Crippen LogP contribution in [-0.4, -0.2) is 20.5 Å². The first-order chi connectivity index (χ1) is 5.67. The first-order valence-electron chi connectivity index (χ1n) is 3.26. The first-order valence-corrected chi connectivity index (χ1v) is 4.93. The smallest absolute Gasteiger partial charge is 0.161 e. The molecular formula is C8H11BrO2S. The molecular weight excluding hydrogens is 240 g/mol. The first kappa shape index (κ1) is 11.8. The average molecular weight is 251 g/mol. The molecule has 0 radical (unpaired) electrons. The second-order valence-corrected chi connectivity index (χ2v) is 3.83. The summed E-state index contributed by atoms with van der Waals surface area (Å²) in [5, 5.41) is 1.95. The van der Waals surface area contributed by atoms with Gasteiger partial charge in [0.25, 0.3) is 0 Å². The number of rotatable bonds is 1. The van der Waals surface area contributed by atoms with Gasteiger partial charge in [-0.05, 0) is 33.8 Å². The van der Waals surface area contributed by atoms with Crippen molar-refractivity contribution in [1.82, 2.24) is 0 Å². The van der Waals surface area contributed by atoms with E-state index in [1.165, 1.54) is 11.3 Å². The molecule has 1 aromatic rings. The summed E-state index contributed by atoms with van der Waals surface area (Å²) in [6.45, 7) is 1.97. The molecule has 4 heteroatoms. The molecule has 0 fully saturated rings. The Balaban J connectivity index is 0.000000354. The van der Waals surface area contributed by atoms with Gasteiger partial charge in [-0.25, -0.2) is 0 Å². The molecule has 1 aromatic heterocycles. The summed E-state index contributed by atoms with van der Waals surface area (Å²) in [7, 11) is 3.25. The van der Waals surface area contributed by atoms with Crippen molar-refractivity contribution in [3.8, 4) is 0 Å². The van der Waals surface area contributed by atoms with Gasteiger partial charge in [-0.15, -0.1) is 11.3 Å². The van der Waals surface area contributed by atoms with Crippen LogP contribution in [0.2, 0.25) is 0 Å². The van der Waals surface area contributed by atoms with E-state index in [1.807, 2.05) is 12.3 Å². The molecule has 0 aromatic carbocycles. The molecule has 0 bridgehead atoms. The number of methoxy groups -OCH3 is 1. The Labute approximate surface area is 84.7 Å². The van der Waals surface area contributed by atoms with E-state index in [0.29, 0.717) is 0 Å². The normalized spacial score (nSPS) is 8.67. The van der Waals surface area contributed by atoms with Gasteiger partial charge in [0.05, 0.1) is 4.88 Å². The topological polar surface area (TPSA) is 26.3 Å². The minimum absolute atomic E-state index is 0.771. The van der Waals surface area contributed by atoms with E-state index in [-0.39, 0.29) is 0 Å². The number of carbonyl (C=O) groups excluding carboxylic acids is 1. The maximum atomic E-state index is 10.2. The number of hydrogen-bond donors (Lipinski definition) is 0. The van der Waals surface area contributed by atoms with E-state index < -0.39 is 0 Å². The second-order valence-electron chi connectivity index (χ2n) is 2.12. The molecule has 0 atom stereocenters. The van der Waals surface area contributed by atoms with Gasteiger partial charge in [-0.2, -0.15) is 0 Å². The lowest BCUT2D eigenvalue weighted by atomic mass is 10.3. The van der Waals surface area contributed by atoms with Gasteiger partial charge in [0.1, 0.15) is 0 Å². The summed E-state index contributed by atoms with van der Waals surface area (Å²) in [6, 6.07) is 0. The Morgan fingerprint density at radius 1 is 1.58 bits per heavy atom. The van der Waals surface area contributed by atoms with Gasteiger partial charge in [0.15, 0.2) is 6.29 Å². The van der Waals surface area contributed by atoms with Crippen molar-refractivity contribution in [1.29, 1.82) is 0 Å². The van der Waals surface area contributed by atoms with Crippen molar-refractivity contribution in [2.24, 2.45) is 0 Å². The Morgan fingerprint density at radius 2 is 2.08 bits per heavy atom. The maximum absolute atomic E-state index is 10.2. The van der Waals surface area contributed by atoms with Gasteiger partial charge in [-0.3, -0.25) is 4.79 Å². The summed E-state index contributed by atoms with van der Waals surface area (Å²) in [6.07, 6.45) is 0.863. The number of aryl methyl sites for hydroxylation is 1. The fourth-order valence-corrected chi connectivity index (χ4v) is 1.91. The zero-order valence-electron chi connectivity index (χ0n) is 7.26. The summed E-state index contributed by atoms with van der Waals surface area (Å²) in [5.74, 6) is 0. The average Bonchev–Trinajstić information content (AvgIpc) is 2.35. The Morgan fingerprint density at radius 3 is 2.25 bits per heavy atom. The highest BCUT2D eigenvalue weighted by Gasteiger charge is 2.02. The van der Waals surface area contributed by atoms with Gasteiger partial charge in [0, 0.05) is 18.7 Å². The molecule has 0 spiro atoms. The number of carbonyl (C=O) groups is 1. The van der Waals surface area contributed by atoms with E-state index in [9.17, 15) is 4.79 Å². The van der Waals surface area contributed by atoms with Crippen LogP contribution in [0.1, 0.15) is 15.2 Å². The van der Waals surface area contributed by atoms with Crippen LogP contribution in [-0.2, 0) is 4.74 Å². The van der Waals surface area contributed by atoms with Crippen molar-refractivity contribution in [3.63, 3.8) is 0 Å². The molecule has 1 rings (SSSR count). The Hall–Kier alpha value is -0.190. The van der Waals surface area contributed by atoms with Crippen LogP contribution in [0.15, 0.2) is 9.85 Å². The fourth-order valence-electron chi connectivity index (χ4n) is 0.529. The molecule has 2 nitrogen and oxygen atoms in total. The minimum atomic E-state index is 0.771. The van der Waals surface area contributed by atoms with Gasteiger partial charge in [-0.1, -0.05) is 0 Å². The number of halogens is 1. The molecule has 0 aliphatic rings. The largest absolute Gasteiger partial charge is 0.388 e. The molecule has 0 saturated carbocycles. The van der Waals surface area contributed by atoms with Gasteiger partial charge in [0.2, 0.25) is 0 Å². The van der Waals surface area contributed by atoms with Crippen LogP contribution in [0, 0.1) is 6.92 Å². The SMILES string of the molecule is COC.Cc1csc(C=O)c1Br. The molecule has 0 unspecified atom stereocenters. The van der Waals surface area contributed by atoms with Crippen molar-refractivity contribution >= 4 is 33.6 Å². The van der Waals surface area contributed by atoms with E-state index >= 15 is 0 Å². The summed E-state index contributed by atoms with van der Waals surface area (Å²) < 4.78 is 5.18. The predicted molar refractivity (Wildman–Crippen MR) is 55.1 cm³/mol. The Bertz CT molecular complexity index is 245. The lowest BCUT2D eigenvalue weighted by Gasteiger charge is -1.83. The number of hydrogen-bond acceptors (Lipinski definition) is 3. The lowest BCUT2D eigenvalue weighted by molar-refractivity contribution is 0.112. The quantitative estimate of drug-likeness (QED) is 0.717. The van der Waals surface area contributed by atoms with Crippen molar-refractivity contribution in [2.45, 2.75) is 6.92 Å². The van der Waals surface area contributed by atoms with Crippen LogP contribution in [0.3, 0.4) is 0 Å². The fraction of sp³-hybridized carbons (Fsp3) is 0.375. The molecule has 0 amide bonds. The third-order valence-electron chi connectivity index (χ3n) is 1.03. The summed E-state index contributed by atoms with van der Waals surface area (Å²) in [5.41, 5.74) is 1.13. The van der Waals surface area contributed by atoms with Crippen molar-refractivity contribution in [2.75, 3.05) is 14.2 Å². The van der Waals surface area contributed by atoms with Gasteiger partial charge < -0.3 is 4.74 Å². The molecule has 0 aliphatic carbocycles. The van der Waals surface area contributed by atoms with E-state index in [0.717, 1.165) is 21.2 Å². The second kappa shape index (κ2) is 6.34. The van der Waals surface area contributed by atoms with Crippen LogP contribution in [0.25, 0.3) is 0 Å². The predicted octanol–water partition coefficient (Wildman–Crippen LogP) is 2.89. The highest BCUT2D eigenvalue weighted by molar-refractivity contribution is 9.10. The molecule has 68 valence electrons.